The van der Waals surface area contributed by atoms with Gasteiger partial charge >= 0.3 is 5.63 Å². The summed E-state index contributed by atoms with van der Waals surface area (Å²) in [6.07, 6.45) is 2.75. The van der Waals surface area contributed by atoms with Crippen molar-refractivity contribution in [1.29, 1.82) is 0 Å². The second kappa shape index (κ2) is 5.43. The van der Waals surface area contributed by atoms with E-state index in [1.807, 2.05) is 30.3 Å². The number of hydrogen-bond acceptors (Lipinski definition) is 3. The molecule has 0 spiro atoms. The van der Waals surface area contributed by atoms with Crippen LogP contribution < -0.4 is 5.63 Å². The van der Waals surface area contributed by atoms with Crippen LogP contribution in [-0.2, 0) is 6.42 Å². The molecule has 0 saturated carbocycles. The minimum absolute atomic E-state index is 0.329. The molecule has 0 aliphatic heterocycles. The summed E-state index contributed by atoms with van der Waals surface area (Å²) in [4.78, 5) is 15.8. The highest BCUT2D eigenvalue weighted by molar-refractivity contribution is 5.57. The standard InChI is InChI=1S/C14H15NO2/c1-2-3-9-13-15-12(10-14(16)17-13)11-7-5-4-6-8-11/h4-8,10H,2-3,9H2,1H3. The molecule has 0 radical (unpaired) electrons. The van der Waals surface area contributed by atoms with Crippen molar-refractivity contribution in [2.75, 3.05) is 0 Å². The van der Waals surface area contributed by atoms with Crippen LogP contribution >= 0.6 is 0 Å². The topological polar surface area (TPSA) is 43.1 Å². The fourth-order valence-electron chi connectivity index (χ4n) is 1.64. The zero-order chi connectivity index (χ0) is 12.1. The van der Waals surface area contributed by atoms with E-state index in [4.69, 9.17) is 4.42 Å². The van der Waals surface area contributed by atoms with Gasteiger partial charge in [-0.05, 0) is 6.42 Å². The Labute approximate surface area is 100 Å². The van der Waals surface area contributed by atoms with Crippen molar-refractivity contribution in [2.24, 2.45) is 0 Å². The number of aryl methyl sites for hydroxylation is 1. The largest absolute Gasteiger partial charge is 0.408 e. The molecule has 88 valence electrons. The van der Waals surface area contributed by atoms with Crippen LogP contribution in [0.1, 0.15) is 25.7 Å². The summed E-state index contributed by atoms with van der Waals surface area (Å²) in [5.74, 6) is 0.526. The predicted octanol–water partition coefficient (Wildman–Crippen LogP) is 3.04. The maximum Gasteiger partial charge on any atom is 0.339 e. The van der Waals surface area contributed by atoms with Crippen LogP contribution in [-0.4, -0.2) is 4.98 Å². The van der Waals surface area contributed by atoms with Crippen molar-refractivity contribution in [3.8, 4) is 11.3 Å². The lowest BCUT2D eigenvalue weighted by Gasteiger charge is -2.02. The molecule has 0 fully saturated rings. The van der Waals surface area contributed by atoms with E-state index < -0.39 is 0 Å². The van der Waals surface area contributed by atoms with Crippen molar-refractivity contribution in [3.63, 3.8) is 0 Å². The van der Waals surface area contributed by atoms with Gasteiger partial charge in [-0.15, -0.1) is 0 Å². The van der Waals surface area contributed by atoms with Gasteiger partial charge < -0.3 is 4.42 Å². The lowest BCUT2D eigenvalue weighted by Crippen LogP contribution is -2.04. The molecule has 0 amide bonds. The van der Waals surface area contributed by atoms with E-state index in [1.54, 1.807) is 0 Å². The van der Waals surface area contributed by atoms with E-state index in [9.17, 15) is 4.79 Å². The van der Waals surface area contributed by atoms with Crippen molar-refractivity contribution in [3.05, 3.63) is 52.7 Å². The Balaban J connectivity index is 2.35. The van der Waals surface area contributed by atoms with Gasteiger partial charge in [-0.1, -0.05) is 43.7 Å². The summed E-state index contributed by atoms with van der Waals surface area (Å²) < 4.78 is 5.07. The highest BCUT2D eigenvalue weighted by Gasteiger charge is 2.05. The van der Waals surface area contributed by atoms with Crippen LogP contribution in [0.3, 0.4) is 0 Å². The molecule has 1 aromatic carbocycles. The fraction of sp³-hybridized carbons (Fsp3) is 0.286. The summed E-state index contributed by atoms with van der Waals surface area (Å²) >= 11 is 0. The van der Waals surface area contributed by atoms with E-state index in [1.165, 1.54) is 6.07 Å². The molecule has 0 bridgehead atoms. The van der Waals surface area contributed by atoms with Crippen molar-refractivity contribution >= 4 is 0 Å². The third-order valence-electron chi connectivity index (χ3n) is 2.53. The number of rotatable bonds is 4. The fourth-order valence-corrected chi connectivity index (χ4v) is 1.64. The van der Waals surface area contributed by atoms with Gasteiger partial charge in [-0.3, -0.25) is 0 Å². The van der Waals surface area contributed by atoms with Crippen LogP contribution in [0, 0.1) is 0 Å². The number of unbranched alkanes of at least 4 members (excludes halogenated alkanes) is 1. The Morgan fingerprint density at radius 1 is 1.24 bits per heavy atom. The van der Waals surface area contributed by atoms with Crippen LogP contribution in [0.4, 0.5) is 0 Å². The molecule has 2 rings (SSSR count). The number of aromatic nitrogens is 1. The maximum absolute atomic E-state index is 11.4. The van der Waals surface area contributed by atoms with Gasteiger partial charge in [0.05, 0.1) is 11.8 Å². The second-order valence-corrected chi connectivity index (χ2v) is 3.93. The predicted molar refractivity (Wildman–Crippen MR) is 66.8 cm³/mol. The van der Waals surface area contributed by atoms with E-state index in [0.29, 0.717) is 18.0 Å². The third kappa shape index (κ3) is 3.03. The highest BCUT2D eigenvalue weighted by atomic mass is 16.4. The van der Waals surface area contributed by atoms with Gasteiger partial charge in [-0.2, -0.15) is 0 Å². The number of nitrogens with zero attached hydrogens (tertiary/aromatic N) is 1. The quantitative estimate of drug-likeness (QED) is 0.809. The van der Waals surface area contributed by atoms with Crippen LogP contribution in [0.5, 0.6) is 0 Å². The molecule has 0 unspecified atom stereocenters. The third-order valence-corrected chi connectivity index (χ3v) is 2.53. The van der Waals surface area contributed by atoms with E-state index >= 15 is 0 Å². The SMILES string of the molecule is CCCCc1nc(-c2ccccc2)cc(=O)o1. The van der Waals surface area contributed by atoms with Gasteiger partial charge in [0.15, 0.2) is 5.89 Å². The first-order chi connectivity index (χ1) is 8.29. The normalized spacial score (nSPS) is 10.4. The molecule has 3 heteroatoms. The lowest BCUT2D eigenvalue weighted by atomic mass is 10.1. The Bertz CT molecular complexity index is 531. The average molecular weight is 229 g/mol. The molecular formula is C14H15NO2. The maximum atomic E-state index is 11.4. The lowest BCUT2D eigenvalue weighted by molar-refractivity contribution is 0.430. The first-order valence-corrected chi connectivity index (χ1v) is 5.86. The minimum atomic E-state index is -0.329. The van der Waals surface area contributed by atoms with E-state index in [2.05, 4.69) is 11.9 Å². The van der Waals surface area contributed by atoms with Crippen molar-refractivity contribution < 1.29 is 4.42 Å². The smallest absolute Gasteiger partial charge is 0.339 e. The van der Waals surface area contributed by atoms with Crippen molar-refractivity contribution in [1.82, 2.24) is 4.98 Å². The molecule has 17 heavy (non-hydrogen) atoms. The molecule has 2 aromatic rings. The second-order valence-electron chi connectivity index (χ2n) is 3.93. The molecule has 0 aliphatic carbocycles. The summed E-state index contributed by atoms with van der Waals surface area (Å²) in [7, 11) is 0. The Hall–Kier alpha value is -1.90. The number of hydrogen-bond donors (Lipinski definition) is 0. The van der Waals surface area contributed by atoms with Gasteiger partial charge in [0.2, 0.25) is 0 Å². The zero-order valence-corrected chi connectivity index (χ0v) is 9.85. The monoisotopic (exact) mass is 229 g/mol. The first-order valence-electron chi connectivity index (χ1n) is 5.86. The van der Waals surface area contributed by atoms with Crippen LogP contribution in [0.2, 0.25) is 0 Å². The Morgan fingerprint density at radius 3 is 2.71 bits per heavy atom. The molecule has 1 aromatic heterocycles. The van der Waals surface area contributed by atoms with Crippen LogP contribution in [0.25, 0.3) is 11.3 Å². The molecule has 0 N–H and O–H groups in total. The van der Waals surface area contributed by atoms with Gasteiger partial charge in [0.1, 0.15) is 0 Å². The highest BCUT2D eigenvalue weighted by Crippen LogP contribution is 2.15. The molecule has 0 aliphatic rings. The molecular weight excluding hydrogens is 214 g/mol. The van der Waals surface area contributed by atoms with Crippen LogP contribution in [0.15, 0.2) is 45.6 Å². The molecule has 0 saturated heterocycles. The summed E-state index contributed by atoms with van der Waals surface area (Å²) in [6.45, 7) is 2.10. The van der Waals surface area contributed by atoms with Gasteiger partial charge in [0, 0.05) is 12.0 Å². The van der Waals surface area contributed by atoms with Gasteiger partial charge in [-0.25, -0.2) is 9.78 Å². The summed E-state index contributed by atoms with van der Waals surface area (Å²) in [6, 6.07) is 11.1. The van der Waals surface area contributed by atoms with Gasteiger partial charge in [0.25, 0.3) is 0 Å². The van der Waals surface area contributed by atoms with E-state index in [-0.39, 0.29) is 5.63 Å². The Kier molecular flexibility index (Phi) is 3.70. The van der Waals surface area contributed by atoms with E-state index in [0.717, 1.165) is 18.4 Å². The Morgan fingerprint density at radius 2 is 2.00 bits per heavy atom. The summed E-state index contributed by atoms with van der Waals surface area (Å²) in [5.41, 5.74) is 1.30. The number of benzene rings is 1. The minimum Gasteiger partial charge on any atom is -0.408 e. The summed E-state index contributed by atoms with van der Waals surface area (Å²) in [5, 5.41) is 0. The average Bonchev–Trinajstić information content (AvgIpc) is 2.37. The first kappa shape index (κ1) is 11.6. The van der Waals surface area contributed by atoms with Crippen molar-refractivity contribution in [2.45, 2.75) is 26.2 Å². The molecule has 3 nitrogen and oxygen atoms in total. The zero-order valence-electron chi connectivity index (χ0n) is 9.85. The molecule has 0 atom stereocenters. The molecule has 1 heterocycles.